The lowest BCUT2D eigenvalue weighted by molar-refractivity contribution is 0.170. The van der Waals surface area contributed by atoms with Gasteiger partial charge in [-0.15, -0.1) is 6.58 Å². The van der Waals surface area contributed by atoms with Crippen molar-refractivity contribution in [3.05, 3.63) is 12.3 Å². The third-order valence-electron chi connectivity index (χ3n) is 1.67. The lowest BCUT2D eigenvalue weighted by Gasteiger charge is -2.16. The number of hydrogen-bond acceptors (Lipinski definition) is 1. The van der Waals surface area contributed by atoms with Crippen LogP contribution in [0, 0.1) is 0 Å². The van der Waals surface area contributed by atoms with Crippen LogP contribution in [0.3, 0.4) is 0 Å². The summed E-state index contributed by atoms with van der Waals surface area (Å²) in [4.78, 5) is 0. The van der Waals surface area contributed by atoms with Crippen LogP contribution < -0.4 is 0 Å². The second-order valence-electron chi connectivity index (χ2n) is 3.60. The molecule has 0 radical (unpaired) electrons. The average Bonchev–Trinajstić information content (AvgIpc) is 1.99. The van der Waals surface area contributed by atoms with Crippen molar-refractivity contribution in [2.24, 2.45) is 0 Å². The standard InChI is InChI=1S/C9H20OSi/c1-5-7-8-10-9-11(3,4)6-2/h6H,2,5,7-9H2,1,3-4H3. The molecule has 0 unspecified atom stereocenters. The first-order chi connectivity index (χ1) is 5.12. The van der Waals surface area contributed by atoms with E-state index in [9.17, 15) is 0 Å². The van der Waals surface area contributed by atoms with E-state index in [1.165, 1.54) is 12.8 Å². The smallest absolute Gasteiger partial charge is 0.100 e. The first-order valence-electron chi connectivity index (χ1n) is 4.33. The number of rotatable bonds is 6. The van der Waals surface area contributed by atoms with Crippen LogP contribution in [0.4, 0.5) is 0 Å². The Bertz CT molecular complexity index is 110. The molecule has 11 heavy (non-hydrogen) atoms. The highest BCUT2D eigenvalue weighted by atomic mass is 28.3. The third kappa shape index (κ3) is 6.32. The van der Waals surface area contributed by atoms with Crippen LogP contribution in [0.2, 0.25) is 13.1 Å². The maximum Gasteiger partial charge on any atom is 0.100 e. The molecule has 0 spiro atoms. The van der Waals surface area contributed by atoms with Crippen molar-refractivity contribution in [3.63, 3.8) is 0 Å². The molecule has 66 valence electrons. The summed E-state index contributed by atoms with van der Waals surface area (Å²) in [6.07, 6.45) is 3.33. The molecule has 2 heteroatoms. The highest BCUT2D eigenvalue weighted by Crippen LogP contribution is 2.03. The minimum Gasteiger partial charge on any atom is -0.384 e. The molecule has 0 aliphatic rings. The molecule has 0 bridgehead atoms. The summed E-state index contributed by atoms with van der Waals surface area (Å²) in [6, 6.07) is 0. The van der Waals surface area contributed by atoms with Gasteiger partial charge in [0.1, 0.15) is 8.07 Å². The summed E-state index contributed by atoms with van der Waals surface area (Å²) in [5, 5.41) is 0. The molecule has 0 aromatic carbocycles. The van der Waals surface area contributed by atoms with E-state index in [0.717, 1.165) is 12.8 Å². The largest absolute Gasteiger partial charge is 0.384 e. The van der Waals surface area contributed by atoms with E-state index in [1.54, 1.807) is 0 Å². The van der Waals surface area contributed by atoms with Crippen LogP contribution >= 0.6 is 0 Å². The third-order valence-corrected chi connectivity index (χ3v) is 3.72. The van der Waals surface area contributed by atoms with Crippen LogP contribution in [0.5, 0.6) is 0 Å². The molecule has 1 nitrogen and oxygen atoms in total. The van der Waals surface area contributed by atoms with E-state index in [4.69, 9.17) is 4.74 Å². The quantitative estimate of drug-likeness (QED) is 0.442. The van der Waals surface area contributed by atoms with Gasteiger partial charge in [-0.1, -0.05) is 32.1 Å². The fourth-order valence-corrected chi connectivity index (χ4v) is 1.43. The fraction of sp³-hybridized carbons (Fsp3) is 0.778. The summed E-state index contributed by atoms with van der Waals surface area (Å²) in [7, 11) is -1.19. The normalized spacial score (nSPS) is 11.5. The maximum atomic E-state index is 5.52. The maximum absolute atomic E-state index is 5.52. The molecular weight excluding hydrogens is 152 g/mol. The summed E-state index contributed by atoms with van der Waals surface area (Å²) < 4.78 is 5.52. The predicted molar refractivity (Wildman–Crippen MR) is 53.4 cm³/mol. The lowest BCUT2D eigenvalue weighted by Crippen LogP contribution is -2.30. The van der Waals surface area contributed by atoms with Crippen LogP contribution in [-0.2, 0) is 4.74 Å². The Labute approximate surface area is 71.5 Å². The minimum absolute atomic E-state index is 0.917. The molecule has 0 saturated heterocycles. The van der Waals surface area contributed by atoms with Crippen LogP contribution in [0.1, 0.15) is 19.8 Å². The lowest BCUT2D eigenvalue weighted by atomic mass is 10.4. The molecule has 0 atom stereocenters. The van der Waals surface area contributed by atoms with Crippen LogP contribution in [0.25, 0.3) is 0 Å². The van der Waals surface area contributed by atoms with Crippen molar-refractivity contribution in [1.29, 1.82) is 0 Å². The van der Waals surface area contributed by atoms with E-state index < -0.39 is 8.07 Å². The van der Waals surface area contributed by atoms with Crippen LogP contribution in [0.15, 0.2) is 12.3 Å². The molecular formula is C9H20OSi. The van der Waals surface area contributed by atoms with Gasteiger partial charge in [-0.3, -0.25) is 0 Å². The van der Waals surface area contributed by atoms with Crippen molar-refractivity contribution < 1.29 is 4.74 Å². The molecule has 0 aliphatic carbocycles. The van der Waals surface area contributed by atoms with Crippen molar-refractivity contribution >= 4 is 8.07 Å². The Hall–Kier alpha value is -0.0831. The molecule has 0 aromatic rings. The Morgan fingerprint density at radius 1 is 1.45 bits per heavy atom. The summed E-state index contributed by atoms with van der Waals surface area (Å²) in [5.41, 5.74) is 2.08. The van der Waals surface area contributed by atoms with Gasteiger partial charge in [0.2, 0.25) is 0 Å². The van der Waals surface area contributed by atoms with Crippen LogP contribution in [-0.4, -0.2) is 20.9 Å². The number of unbranched alkanes of at least 4 members (excludes halogenated alkanes) is 1. The number of ether oxygens (including phenoxy) is 1. The summed E-state index contributed by atoms with van der Waals surface area (Å²) in [5.74, 6) is 0. The predicted octanol–water partition coefficient (Wildman–Crippen LogP) is 2.78. The van der Waals surface area contributed by atoms with Gasteiger partial charge < -0.3 is 4.74 Å². The minimum atomic E-state index is -1.19. The van der Waals surface area contributed by atoms with Crippen molar-refractivity contribution in [2.45, 2.75) is 32.9 Å². The monoisotopic (exact) mass is 172 g/mol. The topological polar surface area (TPSA) is 9.23 Å². The molecule has 0 N–H and O–H groups in total. The second-order valence-corrected chi connectivity index (χ2v) is 8.27. The Kier molecular flexibility index (Phi) is 5.51. The summed E-state index contributed by atoms with van der Waals surface area (Å²) >= 11 is 0. The average molecular weight is 172 g/mol. The highest BCUT2D eigenvalue weighted by molar-refractivity contribution is 6.82. The molecule has 0 amide bonds. The fourth-order valence-electron chi connectivity index (χ4n) is 0.641. The van der Waals surface area contributed by atoms with E-state index in [2.05, 4.69) is 32.3 Å². The van der Waals surface area contributed by atoms with Gasteiger partial charge in [-0.2, -0.15) is 0 Å². The Morgan fingerprint density at radius 2 is 2.09 bits per heavy atom. The first-order valence-corrected chi connectivity index (χ1v) is 7.62. The first kappa shape index (κ1) is 10.9. The van der Waals surface area contributed by atoms with Gasteiger partial charge in [0.15, 0.2) is 0 Å². The molecule has 0 aromatic heterocycles. The van der Waals surface area contributed by atoms with E-state index in [0.29, 0.717) is 0 Å². The zero-order valence-electron chi connectivity index (χ0n) is 8.02. The zero-order valence-corrected chi connectivity index (χ0v) is 9.02. The molecule has 0 heterocycles. The van der Waals surface area contributed by atoms with Crippen molar-refractivity contribution in [3.8, 4) is 0 Å². The Morgan fingerprint density at radius 3 is 2.55 bits per heavy atom. The molecule has 0 saturated carbocycles. The van der Waals surface area contributed by atoms with E-state index >= 15 is 0 Å². The van der Waals surface area contributed by atoms with Crippen molar-refractivity contribution in [2.75, 3.05) is 12.8 Å². The van der Waals surface area contributed by atoms with Crippen molar-refractivity contribution in [1.82, 2.24) is 0 Å². The van der Waals surface area contributed by atoms with Gasteiger partial charge in [0.25, 0.3) is 0 Å². The molecule has 0 rings (SSSR count). The zero-order chi connectivity index (χ0) is 8.74. The van der Waals surface area contributed by atoms with Gasteiger partial charge in [0.05, 0.1) is 0 Å². The summed E-state index contributed by atoms with van der Waals surface area (Å²) in [6.45, 7) is 11.4. The number of hydrogen-bond donors (Lipinski definition) is 0. The molecule has 0 aliphatic heterocycles. The van der Waals surface area contributed by atoms with Gasteiger partial charge >= 0.3 is 0 Å². The highest BCUT2D eigenvalue weighted by Gasteiger charge is 2.15. The molecule has 0 fully saturated rings. The van der Waals surface area contributed by atoms with Gasteiger partial charge in [0, 0.05) is 12.8 Å². The Balaban J connectivity index is 3.30. The van der Waals surface area contributed by atoms with Gasteiger partial charge in [-0.05, 0) is 6.42 Å². The SMILES string of the molecule is C=C[Si](C)(C)COCCCC. The second kappa shape index (κ2) is 5.55. The van der Waals surface area contributed by atoms with E-state index in [-0.39, 0.29) is 0 Å². The van der Waals surface area contributed by atoms with E-state index in [1.807, 2.05) is 0 Å². The van der Waals surface area contributed by atoms with Gasteiger partial charge in [-0.25, -0.2) is 0 Å².